The Morgan fingerprint density at radius 3 is 2.15 bits per heavy atom. The highest BCUT2D eigenvalue weighted by Crippen LogP contribution is 2.24. The summed E-state index contributed by atoms with van der Waals surface area (Å²) in [5, 5.41) is 5.84. The molecule has 0 saturated carbocycles. The molecule has 41 heavy (non-hydrogen) atoms. The van der Waals surface area contributed by atoms with Crippen molar-refractivity contribution in [2.75, 3.05) is 44.0 Å². The highest BCUT2D eigenvalue weighted by Gasteiger charge is 2.23. The van der Waals surface area contributed by atoms with Crippen LogP contribution in [0.25, 0.3) is 0 Å². The first-order valence-corrected chi connectivity index (χ1v) is 15.0. The van der Waals surface area contributed by atoms with Gasteiger partial charge in [-0.1, -0.05) is 59.6 Å². The van der Waals surface area contributed by atoms with E-state index in [9.17, 15) is 18.0 Å². The topological polar surface area (TPSA) is 126 Å². The van der Waals surface area contributed by atoms with Gasteiger partial charge in [-0.05, 0) is 55.3 Å². The van der Waals surface area contributed by atoms with Crippen LogP contribution in [-0.2, 0) is 19.5 Å². The number of hydrogen-bond donors (Lipinski definition) is 3. The molecule has 0 aromatic heterocycles. The Bertz CT molecular complexity index is 1380. The minimum atomic E-state index is -3.85. The molecule has 13 heteroatoms. The van der Waals surface area contributed by atoms with E-state index in [4.69, 9.17) is 32.7 Å². The highest BCUT2D eigenvalue weighted by molar-refractivity contribution is 7.89. The van der Waals surface area contributed by atoms with Crippen molar-refractivity contribution < 1.29 is 27.5 Å². The summed E-state index contributed by atoms with van der Waals surface area (Å²) < 4.78 is 38.6. The number of benzene rings is 3. The molecule has 0 radical (unpaired) electrons. The number of rotatable bonds is 14. The molecule has 3 N–H and O–H groups in total. The van der Waals surface area contributed by atoms with Gasteiger partial charge in [0, 0.05) is 36.6 Å². The Morgan fingerprint density at radius 1 is 0.902 bits per heavy atom. The average molecular weight is 624 g/mol. The smallest absolute Gasteiger partial charge is 0.412 e. The second-order valence-corrected chi connectivity index (χ2v) is 11.5. The normalized spacial score (nSPS) is 11.9. The van der Waals surface area contributed by atoms with Gasteiger partial charge in [-0.3, -0.25) is 5.32 Å². The summed E-state index contributed by atoms with van der Waals surface area (Å²) in [6.07, 6.45) is -0.577. The lowest BCUT2D eigenvalue weighted by Crippen LogP contribution is -2.44. The number of carbonyl (C=O) groups excluding carboxylic acids is 2. The third kappa shape index (κ3) is 10.9. The average Bonchev–Trinajstić information content (AvgIpc) is 2.93. The Kier molecular flexibility index (Phi) is 12.7. The Morgan fingerprint density at radius 2 is 1.54 bits per heavy atom. The van der Waals surface area contributed by atoms with E-state index >= 15 is 0 Å². The van der Waals surface area contributed by atoms with E-state index < -0.39 is 28.3 Å². The number of ether oxygens (including phenoxy) is 2. The first-order chi connectivity index (χ1) is 19.7. The summed E-state index contributed by atoms with van der Waals surface area (Å²) in [7, 11) is -2.37. The lowest BCUT2D eigenvalue weighted by molar-refractivity contribution is 0.0313. The molecule has 3 aromatic carbocycles. The summed E-state index contributed by atoms with van der Waals surface area (Å²) in [5.41, 5.74) is 1.16. The van der Waals surface area contributed by atoms with Crippen molar-refractivity contribution >= 4 is 56.7 Å². The molecular formula is C28H32Cl2N4O6S. The molecule has 0 aliphatic heterocycles. The van der Waals surface area contributed by atoms with Crippen LogP contribution < -0.4 is 15.4 Å². The second kappa shape index (κ2) is 16.2. The van der Waals surface area contributed by atoms with E-state index in [-0.39, 0.29) is 36.2 Å². The summed E-state index contributed by atoms with van der Waals surface area (Å²) in [4.78, 5) is 27.1. The number of anilines is 2. The SMILES string of the molecule is COC[C@@H](CN(CCCCNS(=O)(=O)c1ccc(Cl)cc1Cl)C(=O)Nc1ccccc1)OC(=O)Nc1ccccc1. The molecule has 10 nitrogen and oxygen atoms in total. The standard InChI is InChI=1S/C28H32Cl2N4O6S/c1-39-20-24(40-28(36)33-23-12-6-3-7-13-23)19-34(27(35)32-22-10-4-2-5-11-22)17-9-8-16-31-41(37,38)26-15-14-21(29)18-25(26)30/h2-7,10-15,18,24,31H,8-9,16-17,19-20H2,1H3,(H,32,35)(H,33,36)/t24-/m1/s1. The minimum Gasteiger partial charge on any atom is -0.442 e. The van der Waals surface area contributed by atoms with Crippen LogP contribution in [0.4, 0.5) is 21.0 Å². The first-order valence-electron chi connectivity index (χ1n) is 12.8. The van der Waals surface area contributed by atoms with E-state index in [0.29, 0.717) is 29.2 Å². The van der Waals surface area contributed by atoms with Gasteiger partial charge >= 0.3 is 12.1 Å². The Balaban J connectivity index is 1.61. The van der Waals surface area contributed by atoms with Crippen molar-refractivity contribution in [1.29, 1.82) is 0 Å². The lowest BCUT2D eigenvalue weighted by atomic mass is 10.2. The van der Waals surface area contributed by atoms with Gasteiger partial charge in [0.15, 0.2) is 0 Å². The van der Waals surface area contributed by atoms with Crippen LogP contribution in [0.2, 0.25) is 10.0 Å². The summed E-state index contributed by atoms with van der Waals surface area (Å²) in [5.74, 6) is 0. The summed E-state index contributed by atoms with van der Waals surface area (Å²) in [6, 6.07) is 21.5. The van der Waals surface area contributed by atoms with Crippen LogP contribution in [0.5, 0.6) is 0 Å². The predicted molar refractivity (Wildman–Crippen MR) is 160 cm³/mol. The molecule has 0 spiro atoms. The molecule has 0 bridgehead atoms. The summed E-state index contributed by atoms with van der Waals surface area (Å²) in [6.45, 7) is 0.471. The van der Waals surface area contributed by atoms with Crippen LogP contribution in [0.3, 0.4) is 0 Å². The van der Waals surface area contributed by atoms with Crippen molar-refractivity contribution in [2.24, 2.45) is 0 Å². The molecule has 1 atom stereocenters. The number of nitrogens with zero attached hydrogens (tertiary/aromatic N) is 1. The number of halogens is 2. The van der Waals surface area contributed by atoms with E-state index in [1.165, 1.54) is 30.2 Å². The van der Waals surface area contributed by atoms with Gasteiger partial charge in [-0.25, -0.2) is 22.7 Å². The molecule has 3 amide bonds. The maximum Gasteiger partial charge on any atom is 0.412 e. The number of nitrogens with one attached hydrogen (secondary N) is 3. The number of amides is 3. The zero-order chi connectivity index (χ0) is 29.7. The van der Waals surface area contributed by atoms with Crippen LogP contribution in [-0.4, -0.2) is 64.9 Å². The molecule has 0 unspecified atom stereocenters. The number of hydrogen-bond acceptors (Lipinski definition) is 6. The fraction of sp³-hybridized carbons (Fsp3) is 0.286. The van der Waals surface area contributed by atoms with Crippen molar-refractivity contribution in [1.82, 2.24) is 9.62 Å². The number of methoxy groups -OCH3 is 1. The van der Waals surface area contributed by atoms with E-state index in [1.807, 2.05) is 12.1 Å². The van der Waals surface area contributed by atoms with Gasteiger partial charge in [0.2, 0.25) is 10.0 Å². The van der Waals surface area contributed by atoms with E-state index in [1.54, 1.807) is 48.5 Å². The molecule has 220 valence electrons. The largest absolute Gasteiger partial charge is 0.442 e. The Hall–Kier alpha value is -3.35. The molecule has 0 fully saturated rings. The molecule has 3 rings (SSSR count). The molecule has 0 saturated heterocycles. The van der Waals surface area contributed by atoms with Gasteiger partial charge in [-0.2, -0.15) is 0 Å². The minimum absolute atomic E-state index is 0.0224. The molecule has 0 heterocycles. The van der Waals surface area contributed by atoms with Gasteiger partial charge < -0.3 is 19.7 Å². The number of para-hydroxylation sites is 2. The first kappa shape index (κ1) is 32.2. The maximum absolute atomic E-state index is 13.2. The fourth-order valence-corrected chi connectivity index (χ4v) is 5.63. The Labute approximate surface area is 250 Å². The van der Waals surface area contributed by atoms with Crippen molar-refractivity contribution in [3.05, 3.63) is 88.9 Å². The zero-order valence-electron chi connectivity index (χ0n) is 22.4. The number of unbranched alkanes of at least 4 members (excludes halogenated alkanes) is 1. The molecule has 3 aromatic rings. The van der Waals surface area contributed by atoms with Gasteiger partial charge in [0.25, 0.3) is 0 Å². The fourth-order valence-electron chi connectivity index (χ4n) is 3.78. The van der Waals surface area contributed by atoms with E-state index in [0.717, 1.165) is 0 Å². The van der Waals surface area contributed by atoms with Gasteiger partial charge in [0.05, 0.1) is 18.2 Å². The van der Waals surface area contributed by atoms with Gasteiger partial charge in [-0.15, -0.1) is 0 Å². The molecule has 0 aliphatic rings. The number of urea groups is 1. The van der Waals surface area contributed by atoms with Crippen LogP contribution in [0, 0.1) is 0 Å². The third-order valence-corrected chi connectivity index (χ3v) is 7.89. The number of sulfonamides is 1. The predicted octanol–water partition coefficient (Wildman–Crippen LogP) is 5.85. The monoisotopic (exact) mass is 622 g/mol. The van der Waals surface area contributed by atoms with E-state index in [2.05, 4.69) is 15.4 Å². The van der Waals surface area contributed by atoms with Crippen molar-refractivity contribution in [3.8, 4) is 0 Å². The molecular weight excluding hydrogens is 591 g/mol. The quantitative estimate of drug-likeness (QED) is 0.194. The third-order valence-electron chi connectivity index (χ3n) is 5.71. The lowest BCUT2D eigenvalue weighted by Gasteiger charge is -2.27. The second-order valence-electron chi connectivity index (χ2n) is 8.90. The molecule has 0 aliphatic carbocycles. The number of carbonyl (C=O) groups is 2. The maximum atomic E-state index is 13.2. The van der Waals surface area contributed by atoms with Crippen LogP contribution in [0.1, 0.15) is 12.8 Å². The van der Waals surface area contributed by atoms with Crippen molar-refractivity contribution in [2.45, 2.75) is 23.8 Å². The van der Waals surface area contributed by atoms with Crippen LogP contribution >= 0.6 is 23.2 Å². The van der Waals surface area contributed by atoms with Crippen LogP contribution in [0.15, 0.2) is 83.8 Å². The van der Waals surface area contributed by atoms with Gasteiger partial charge in [0.1, 0.15) is 11.0 Å². The van der Waals surface area contributed by atoms with Crippen molar-refractivity contribution in [3.63, 3.8) is 0 Å². The zero-order valence-corrected chi connectivity index (χ0v) is 24.7. The summed E-state index contributed by atoms with van der Waals surface area (Å²) >= 11 is 11.9. The highest BCUT2D eigenvalue weighted by atomic mass is 35.5.